The average molecular weight is 349 g/mol. The standard InChI is InChI=1S/C18H21ClN2OS/c1-4-20-17(23-3)21-16-11-10-14(19)12-15(16)18(2,22)13-8-6-5-7-9-13/h5-12,22H,4H2,1-3H3,(H,20,21)/t18-/m0/s1. The zero-order chi connectivity index (χ0) is 16.9. The van der Waals surface area contributed by atoms with Gasteiger partial charge in [-0.15, -0.1) is 0 Å². The van der Waals surface area contributed by atoms with E-state index in [2.05, 4.69) is 10.3 Å². The van der Waals surface area contributed by atoms with Crippen LogP contribution >= 0.6 is 23.4 Å². The molecule has 23 heavy (non-hydrogen) atoms. The predicted molar refractivity (Wildman–Crippen MR) is 102 cm³/mol. The second-order valence-corrected chi connectivity index (χ2v) is 6.47. The summed E-state index contributed by atoms with van der Waals surface area (Å²) >= 11 is 7.70. The molecule has 2 rings (SSSR count). The largest absolute Gasteiger partial charge is 0.381 e. The fraction of sp³-hybridized carbons (Fsp3) is 0.278. The molecule has 0 aromatic heterocycles. The van der Waals surface area contributed by atoms with Gasteiger partial charge in [-0.1, -0.05) is 53.7 Å². The smallest absolute Gasteiger partial charge is 0.160 e. The Morgan fingerprint density at radius 3 is 2.57 bits per heavy atom. The van der Waals surface area contributed by atoms with Crippen molar-refractivity contribution in [3.05, 3.63) is 64.7 Å². The molecular formula is C18H21ClN2OS. The Bertz CT molecular complexity index is 687. The van der Waals surface area contributed by atoms with E-state index < -0.39 is 5.60 Å². The summed E-state index contributed by atoms with van der Waals surface area (Å²) in [7, 11) is 0. The number of nitrogens with one attached hydrogen (secondary N) is 1. The lowest BCUT2D eigenvalue weighted by Gasteiger charge is -2.27. The summed E-state index contributed by atoms with van der Waals surface area (Å²) in [5, 5.41) is 15.8. The number of halogens is 1. The van der Waals surface area contributed by atoms with Crippen LogP contribution in [0.15, 0.2) is 53.5 Å². The fourth-order valence-corrected chi connectivity index (χ4v) is 3.00. The number of nitrogens with zero attached hydrogens (tertiary/aromatic N) is 1. The van der Waals surface area contributed by atoms with Crippen molar-refractivity contribution in [2.75, 3.05) is 18.1 Å². The minimum Gasteiger partial charge on any atom is -0.381 e. The number of aliphatic imine (C=N–C) groups is 1. The molecule has 1 atom stereocenters. The highest BCUT2D eigenvalue weighted by Gasteiger charge is 2.28. The number of hydrogen-bond acceptors (Lipinski definition) is 3. The van der Waals surface area contributed by atoms with Crippen LogP contribution < -0.4 is 5.32 Å². The zero-order valence-electron chi connectivity index (χ0n) is 13.5. The Balaban J connectivity index is 2.49. The van der Waals surface area contributed by atoms with Crippen LogP contribution in [0, 0.1) is 0 Å². The first kappa shape index (κ1) is 17.9. The van der Waals surface area contributed by atoms with Crippen LogP contribution in [0.5, 0.6) is 0 Å². The Morgan fingerprint density at radius 2 is 1.96 bits per heavy atom. The maximum absolute atomic E-state index is 11.1. The van der Waals surface area contributed by atoms with E-state index in [0.717, 1.165) is 16.4 Å². The lowest BCUT2D eigenvalue weighted by molar-refractivity contribution is 0.103. The van der Waals surface area contributed by atoms with Gasteiger partial charge in [0, 0.05) is 22.8 Å². The molecule has 0 aliphatic carbocycles. The second-order valence-electron chi connectivity index (χ2n) is 5.24. The number of hydrogen-bond donors (Lipinski definition) is 2. The van der Waals surface area contributed by atoms with E-state index in [0.29, 0.717) is 17.1 Å². The van der Waals surface area contributed by atoms with Gasteiger partial charge in [-0.25, -0.2) is 0 Å². The predicted octanol–water partition coefficient (Wildman–Crippen LogP) is 4.75. The molecule has 0 saturated carbocycles. The maximum Gasteiger partial charge on any atom is 0.160 e. The quantitative estimate of drug-likeness (QED) is 0.619. The number of anilines is 1. The molecule has 0 aliphatic rings. The molecule has 2 aromatic rings. The lowest BCUT2D eigenvalue weighted by Crippen LogP contribution is -2.25. The van der Waals surface area contributed by atoms with E-state index in [4.69, 9.17) is 11.6 Å². The summed E-state index contributed by atoms with van der Waals surface area (Å²) in [4.78, 5) is 4.41. The highest BCUT2D eigenvalue weighted by Crippen LogP contribution is 2.36. The molecule has 2 N–H and O–H groups in total. The molecule has 0 radical (unpaired) electrons. The van der Waals surface area contributed by atoms with Crippen LogP contribution in [0.25, 0.3) is 0 Å². The molecule has 0 amide bonds. The molecule has 0 spiro atoms. The SMILES string of the molecule is CCN=C(Nc1ccc(Cl)cc1[C@@](C)(O)c1ccccc1)SC. The van der Waals surface area contributed by atoms with Crippen LogP contribution in [0.3, 0.4) is 0 Å². The fourth-order valence-electron chi connectivity index (χ4n) is 2.36. The third-order valence-electron chi connectivity index (χ3n) is 3.58. The van der Waals surface area contributed by atoms with Gasteiger partial charge < -0.3 is 10.4 Å². The van der Waals surface area contributed by atoms with Gasteiger partial charge >= 0.3 is 0 Å². The van der Waals surface area contributed by atoms with Crippen molar-refractivity contribution >= 4 is 34.2 Å². The summed E-state index contributed by atoms with van der Waals surface area (Å²) in [5.74, 6) is 0. The molecule has 3 nitrogen and oxygen atoms in total. The molecule has 0 fully saturated rings. The Labute approximate surface area is 146 Å². The van der Waals surface area contributed by atoms with Gasteiger partial charge in [0.2, 0.25) is 0 Å². The van der Waals surface area contributed by atoms with Crippen molar-refractivity contribution in [2.24, 2.45) is 4.99 Å². The van der Waals surface area contributed by atoms with Crippen molar-refractivity contribution in [3.63, 3.8) is 0 Å². The summed E-state index contributed by atoms with van der Waals surface area (Å²) in [6, 6.07) is 15.0. The van der Waals surface area contributed by atoms with E-state index >= 15 is 0 Å². The summed E-state index contributed by atoms with van der Waals surface area (Å²) in [6.45, 7) is 4.46. The first-order valence-electron chi connectivity index (χ1n) is 7.42. The minimum absolute atomic E-state index is 0.583. The summed E-state index contributed by atoms with van der Waals surface area (Å²) in [6.07, 6.45) is 1.96. The topological polar surface area (TPSA) is 44.6 Å². The van der Waals surface area contributed by atoms with Gasteiger partial charge in [-0.05, 0) is 43.9 Å². The Morgan fingerprint density at radius 1 is 1.26 bits per heavy atom. The Hall–Kier alpha value is -1.49. The number of amidine groups is 1. The zero-order valence-corrected chi connectivity index (χ0v) is 15.1. The monoisotopic (exact) mass is 348 g/mol. The van der Waals surface area contributed by atoms with Crippen molar-refractivity contribution in [1.29, 1.82) is 0 Å². The van der Waals surface area contributed by atoms with Gasteiger partial charge in [0.25, 0.3) is 0 Å². The van der Waals surface area contributed by atoms with E-state index in [-0.39, 0.29) is 0 Å². The number of aliphatic hydroxyl groups is 1. The number of rotatable bonds is 4. The van der Waals surface area contributed by atoms with E-state index in [1.54, 1.807) is 19.1 Å². The van der Waals surface area contributed by atoms with Crippen LogP contribution in [-0.4, -0.2) is 23.1 Å². The molecule has 0 unspecified atom stereocenters. The van der Waals surface area contributed by atoms with E-state index in [1.807, 2.05) is 49.6 Å². The van der Waals surface area contributed by atoms with Crippen LogP contribution in [0.4, 0.5) is 5.69 Å². The molecule has 0 aliphatic heterocycles. The third kappa shape index (κ3) is 4.28. The van der Waals surface area contributed by atoms with Gasteiger partial charge in [0.1, 0.15) is 5.60 Å². The van der Waals surface area contributed by atoms with Crippen molar-refractivity contribution in [2.45, 2.75) is 19.4 Å². The average Bonchev–Trinajstić information content (AvgIpc) is 2.56. The molecule has 2 aromatic carbocycles. The summed E-state index contributed by atoms with van der Waals surface area (Å²) < 4.78 is 0. The van der Waals surface area contributed by atoms with Crippen LogP contribution in [0.1, 0.15) is 25.0 Å². The second kappa shape index (κ2) is 7.86. The molecule has 0 heterocycles. The van der Waals surface area contributed by atoms with Gasteiger partial charge in [-0.2, -0.15) is 0 Å². The van der Waals surface area contributed by atoms with Crippen molar-refractivity contribution in [1.82, 2.24) is 0 Å². The third-order valence-corrected chi connectivity index (χ3v) is 4.43. The molecule has 122 valence electrons. The van der Waals surface area contributed by atoms with Gasteiger partial charge in [0.05, 0.1) is 0 Å². The maximum atomic E-state index is 11.1. The Kier molecular flexibility index (Phi) is 6.10. The molecular weight excluding hydrogens is 328 g/mol. The van der Waals surface area contributed by atoms with Crippen molar-refractivity contribution < 1.29 is 5.11 Å². The first-order valence-corrected chi connectivity index (χ1v) is 9.02. The number of thioether (sulfide) groups is 1. The molecule has 0 bridgehead atoms. The van der Waals surface area contributed by atoms with E-state index in [9.17, 15) is 5.11 Å². The van der Waals surface area contributed by atoms with Crippen LogP contribution in [0.2, 0.25) is 5.02 Å². The highest BCUT2D eigenvalue weighted by atomic mass is 35.5. The molecule has 5 heteroatoms. The molecule has 0 saturated heterocycles. The van der Waals surface area contributed by atoms with Gasteiger partial charge in [-0.3, -0.25) is 4.99 Å². The summed E-state index contributed by atoms with van der Waals surface area (Å²) in [5.41, 5.74) is 1.16. The number of benzene rings is 2. The normalized spacial score (nSPS) is 14.4. The van der Waals surface area contributed by atoms with Crippen LogP contribution in [-0.2, 0) is 5.60 Å². The minimum atomic E-state index is -1.16. The highest BCUT2D eigenvalue weighted by molar-refractivity contribution is 8.13. The van der Waals surface area contributed by atoms with Gasteiger partial charge in [0.15, 0.2) is 5.17 Å². The lowest BCUT2D eigenvalue weighted by atomic mass is 9.87. The van der Waals surface area contributed by atoms with E-state index in [1.165, 1.54) is 11.8 Å². The first-order chi connectivity index (χ1) is 11.0. The van der Waals surface area contributed by atoms with Crippen molar-refractivity contribution in [3.8, 4) is 0 Å².